The number of ether oxygens (including phenoxy) is 1. The number of nitrogens with zero attached hydrogens (tertiary/aromatic N) is 2. The first-order valence-corrected chi connectivity index (χ1v) is 13.3. The number of furan rings is 1. The van der Waals surface area contributed by atoms with Gasteiger partial charge >= 0.3 is 0 Å². The van der Waals surface area contributed by atoms with E-state index in [0.29, 0.717) is 22.4 Å². The van der Waals surface area contributed by atoms with Crippen molar-refractivity contribution in [2.75, 3.05) is 14.2 Å². The van der Waals surface area contributed by atoms with Crippen LogP contribution in [0.5, 0.6) is 5.75 Å². The van der Waals surface area contributed by atoms with E-state index in [9.17, 15) is 14.0 Å². The van der Waals surface area contributed by atoms with Crippen LogP contribution in [0.15, 0.2) is 71.4 Å². The Bertz CT molecular complexity index is 1850. The summed E-state index contributed by atoms with van der Waals surface area (Å²) in [5.74, 6) is -1.62. The molecule has 1 saturated carbocycles. The van der Waals surface area contributed by atoms with E-state index < -0.39 is 23.1 Å². The molecule has 212 valence electrons. The second-order valence-electron chi connectivity index (χ2n) is 10.2. The highest BCUT2D eigenvalue weighted by Gasteiger charge is 2.46. The number of rotatable bonds is 7. The van der Waals surface area contributed by atoms with Gasteiger partial charge in [0.25, 0.3) is 11.8 Å². The van der Waals surface area contributed by atoms with Gasteiger partial charge in [-0.1, -0.05) is 0 Å². The minimum Gasteiger partial charge on any atom is -0.496 e. The summed E-state index contributed by atoms with van der Waals surface area (Å²) in [5, 5.41) is 13.4. The molecule has 3 aromatic carbocycles. The van der Waals surface area contributed by atoms with E-state index in [1.165, 1.54) is 38.4 Å². The Hall–Kier alpha value is -5.12. The maximum Gasteiger partial charge on any atom is 0.255 e. The van der Waals surface area contributed by atoms with Crippen molar-refractivity contribution in [3.63, 3.8) is 0 Å². The lowest BCUT2D eigenvalue weighted by molar-refractivity contribution is 0.0925. The van der Waals surface area contributed by atoms with E-state index in [4.69, 9.17) is 9.15 Å². The maximum absolute atomic E-state index is 16.5. The summed E-state index contributed by atoms with van der Waals surface area (Å²) in [6.07, 6.45) is 4.70. The first-order valence-electron chi connectivity index (χ1n) is 13.3. The Labute approximate surface area is 239 Å². The molecular weight excluding hydrogens is 542 g/mol. The van der Waals surface area contributed by atoms with Gasteiger partial charge in [0.1, 0.15) is 28.7 Å². The number of nitrogens with one attached hydrogen (secondary N) is 2. The Morgan fingerprint density at radius 1 is 0.976 bits per heavy atom. The normalized spacial score (nSPS) is 13.5. The van der Waals surface area contributed by atoms with Crippen LogP contribution in [0.2, 0.25) is 0 Å². The number of methoxy groups -OCH3 is 1. The van der Waals surface area contributed by atoms with E-state index in [0.717, 1.165) is 18.4 Å². The summed E-state index contributed by atoms with van der Waals surface area (Å²) in [7, 11) is 2.90. The third-order valence-corrected chi connectivity index (χ3v) is 7.67. The zero-order chi connectivity index (χ0) is 29.6. The van der Waals surface area contributed by atoms with Crippen LogP contribution in [0.4, 0.5) is 8.78 Å². The number of carbonyl (C=O) groups is 2. The molecule has 2 heterocycles. The number of benzene rings is 3. The number of aryl methyl sites for hydroxylation is 1. The fourth-order valence-corrected chi connectivity index (χ4v) is 5.29. The van der Waals surface area contributed by atoms with Crippen LogP contribution in [-0.2, 0) is 5.54 Å². The van der Waals surface area contributed by atoms with Crippen molar-refractivity contribution in [2.24, 2.45) is 0 Å². The SMILES string of the molecule is CNC(=O)c1c(-c2ccc(F)cc2)oc2ccc(-c3cc(C(=O)NC4(c5ccnnc5)CC4)c(OC)cc3C)c(F)c12. The van der Waals surface area contributed by atoms with E-state index in [1.54, 1.807) is 43.6 Å². The Morgan fingerprint density at radius 2 is 1.74 bits per heavy atom. The number of fused-ring (bicyclic) bond motifs is 1. The molecule has 0 atom stereocenters. The Morgan fingerprint density at radius 3 is 2.38 bits per heavy atom. The highest BCUT2D eigenvalue weighted by atomic mass is 19.1. The summed E-state index contributed by atoms with van der Waals surface area (Å²) < 4.78 is 41.5. The van der Waals surface area contributed by atoms with Gasteiger partial charge in [-0.25, -0.2) is 8.78 Å². The molecular formula is C32H26F2N4O4. The van der Waals surface area contributed by atoms with Gasteiger partial charge in [0.15, 0.2) is 0 Å². The van der Waals surface area contributed by atoms with Crippen LogP contribution < -0.4 is 15.4 Å². The molecule has 0 aliphatic heterocycles. The van der Waals surface area contributed by atoms with Crippen LogP contribution in [0, 0.1) is 18.6 Å². The number of amides is 2. The number of hydrogen-bond donors (Lipinski definition) is 2. The molecule has 1 aliphatic rings. The van der Waals surface area contributed by atoms with Crippen molar-refractivity contribution in [2.45, 2.75) is 25.3 Å². The fourth-order valence-electron chi connectivity index (χ4n) is 5.29. The Balaban J connectivity index is 1.47. The van der Waals surface area contributed by atoms with Gasteiger partial charge in [-0.3, -0.25) is 9.59 Å². The number of hydrogen-bond acceptors (Lipinski definition) is 6. The molecule has 2 amide bonds. The standard InChI is InChI=1S/C32H26F2N4O4/c1-17-14-25(41-3)23(30(39)38-32(11-12-32)19-10-13-36-37-16-19)15-22(17)21-8-9-24-26(28(21)34)27(31(40)35-2)29(42-24)18-4-6-20(33)7-5-18/h4-10,13-16H,11-12H2,1-3H3,(H,35,40)(H,38,39). The van der Waals surface area contributed by atoms with Gasteiger partial charge in [0.2, 0.25) is 0 Å². The summed E-state index contributed by atoms with van der Waals surface area (Å²) in [6.45, 7) is 1.78. The third-order valence-electron chi connectivity index (χ3n) is 7.67. The molecule has 1 fully saturated rings. The molecule has 10 heteroatoms. The fraction of sp³-hybridized carbons (Fsp3) is 0.188. The molecule has 5 aromatic rings. The molecule has 1 aliphatic carbocycles. The predicted octanol–water partition coefficient (Wildman–Crippen LogP) is 5.93. The molecule has 42 heavy (non-hydrogen) atoms. The van der Waals surface area contributed by atoms with Gasteiger partial charge in [-0.05, 0) is 91.1 Å². The van der Waals surface area contributed by atoms with E-state index >= 15 is 4.39 Å². The number of halogens is 2. The molecule has 2 aromatic heterocycles. The van der Waals surface area contributed by atoms with Crippen molar-refractivity contribution < 1.29 is 27.5 Å². The zero-order valence-corrected chi connectivity index (χ0v) is 23.0. The van der Waals surface area contributed by atoms with E-state index in [1.807, 2.05) is 6.07 Å². The molecule has 6 rings (SSSR count). The van der Waals surface area contributed by atoms with Crippen molar-refractivity contribution in [3.8, 4) is 28.2 Å². The average Bonchev–Trinajstić information content (AvgIpc) is 3.68. The Kier molecular flexibility index (Phi) is 6.68. The molecule has 0 saturated heterocycles. The number of carbonyl (C=O) groups excluding carboxylic acids is 2. The summed E-state index contributed by atoms with van der Waals surface area (Å²) >= 11 is 0. The van der Waals surface area contributed by atoms with Crippen LogP contribution >= 0.6 is 0 Å². The number of aromatic nitrogens is 2. The lowest BCUT2D eigenvalue weighted by Gasteiger charge is -2.20. The second kappa shape index (κ2) is 10.4. The first kappa shape index (κ1) is 27.1. The second-order valence-corrected chi connectivity index (χ2v) is 10.2. The predicted molar refractivity (Wildman–Crippen MR) is 152 cm³/mol. The summed E-state index contributed by atoms with van der Waals surface area (Å²) in [4.78, 5) is 26.6. The van der Waals surface area contributed by atoms with Gasteiger partial charge in [0.05, 0.1) is 35.4 Å². The van der Waals surface area contributed by atoms with Gasteiger partial charge in [-0.15, -0.1) is 0 Å². The van der Waals surface area contributed by atoms with Crippen molar-refractivity contribution in [1.29, 1.82) is 0 Å². The quantitative estimate of drug-likeness (QED) is 0.252. The van der Waals surface area contributed by atoms with Gasteiger partial charge in [0, 0.05) is 24.4 Å². The molecule has 8 nitrogen and oxygen atoms in total. The monoisotopic (exact) mass is 568 g/mol. The molecule has 0 spiro atoms. The molecule has 0 bridgehead atoms. The van der Waals surface area contributed by atoms with Crippen LogP contribution in [0.3, 0.4) is 0 Å². The van der Waals surface area contributed by atoms with Crippen LogP contribution in [0.25, 0.3) is 33.4 Å². The minimum absolute atomic E-state index is 0.00998. The van der Waals surface area contributed by atoms with Crippen molar-refractivity contribution in [1.82, 2.24) is 20.8 Å². The first-order chi connectivity index (χ1) is 20.3. The molecule has 2 N–H and O–H groups in total. The summed E-state index contributed by atoms with van der Waals surface area (Å²) in [5.41, 5.74) is 2.38. The largest absolute Gasteiger partial charge is 0.496 e. The van der Waals surface area contributed by atoms with Crippen molar-refractivity contribution >= 4 is 22.8 Å². The van der Waals surface area contributed by atoms with Gasteiger partial charge < -0.3 is 19.8 Å². The minimum atomic E-state index is -0.690. The molecule has 0 unspecified atom stereocenters. The summed E-state index contributed by atoms with van der Waals surface area (Å²) in [6, 6.07) is 13.6. The molecule has 0 radical (unpaired) electrons. The smallest absolute Gasteiger partial charge is 0.255 e. The van der Waals surface area contributed by atoms with Crippen LogP contribution in [-0.4, -0.2) is 36.2 Å². The zero-order valence-electron chi connectivity index (χ0n) is 23.0. The lowest BCUT2D eigenvalue weighted by atomic mass is 9.94. The lowest BCUT2D eigenvalue weighted by Crippen LogP contribution is -2.35. The van der Waals surface area contributed by atoms with E-state index in [-0.39, 0.29) is 39.3 Å². The van der Waals surface area contributed by atoms with Crippen LogP contribution in [0.1, 0.15) is 44.7 Å². The van der Waals surface area contributed by atoms with Gasteiger partial charge in [-0.2, -0.15) is 10.2 Å². The van der Waals surface area contributed by atoms with E-state index in [2.05, 4.69) is 20.8 Å². The third kappa shape index (κ3) is 4.54. The topological polar surface area (TPSA) is 106 Å². The highest BCUT2D eigenvalue weighted by molar-refractivity contribution is 6.12. The highest BCUT2D eigenvalue weighted by Crippen LogP contribution is 2.46. The average molecular weight is 569 g/mol. The maximum atomic E-state index is 16.5. The van der Waals surface area contributed by atoms with Crippen molar-refractivity contribution in [3.05, 3.63) is 101 Å².